The second-order valence-corrected chi connectivity index (χ2v) is 14.2. The molecule has 47 heavy (non-hydrogen) atoms. The number of aromatic nitrogens is 2. The monoisotopic (exact) mass is 644 g/mol. The van der Waals surface area contributed by atoms with Crippen LogP contribution in [-0.2, 0) is 23.1 Å². The fourth-order valence-corrected chi connectivity index (χ4v) is 7.15. The van der Waals surface area contributed by atoms with Gasteiger partial charge in [-0.15, -0.1) is 0 Å². The number of anilines is 2. The van der Waals surface area contributed by atoms with Crippen molar-refractivity contribution in [2.24, 2.45) is 18.9 Å². The highest BCUT2D eigenvalue weighted by Crippen LogP contribution is 2.35. The van der Waals surface area contributed by atoms with Crippen molar-refractivity contribution < 1.29 is 23.9 Å². The number of fused-ring (bicyclic) bond motifs is 1. The van der Waals surface area contributed by atoms with Crippen molar-refractivity contribution in [2.75, 3.05) is 49.6 Å². The van der Waals surface area contributed by atoms with Gasteiger partial charge in [0.2, 0.25) is 5.91 Å². The van der Waals surface area contributed by atoms with E-state index in [2.05, 4.69) is 23.1 Å². The summed E-state index contributed by atoms with van der Waals surface area (Å²) in [6.45, 7) is 9.82. The number of urea groups is 1. The summed E-state index contributed by atoms with van der Waals surface area (Å²) in [6, 6.07) is 13.4. The molecule has 3 fully saturated rings. The Hall–Kier alpha value is -4.28. The zero-order chi connectivity index (χ0) is 33.3. The maximum absolute atomic E-state index is 13.6. The molecule has 0 aliphatic carbocycles. The molecule has 4 amide bonds. The number of piperidine rings is 2. The molecule has 4 heterocycles. The van der Waals surface area contributed by atoms with Gasteiger partial charge in [-0.25, -0.2) is 9.59 Å². The molecule has 3 aliphatic rings. The van der Waals surface area contributed by atoms with Gasteiger partial charge in [-0.3, -0.25) is 19.3 Å². The van der Waals surface area contributed by atoms with Crippen LogP contribution >= 0.6 is 0 Å². The van der Waals surface area contributed by atoms with Crippen LogP contribution in [0.3, 0.4) is 0 Å². The SMILES string of the molecule is COc1ccc(CN2C(=O)CCN(c3nn(C)c4cc(N5CCC(CC6CCN(C(=O)OC(C)(C)C)CC6)CC5)ccc34)C2=O)cc1. The molecule has 0 spiro atoms. The highest BCUT2D eigenvalue weighted by Gasteiger charge is 2.35. The molecule has 1 aromatic heterocycles. The normalized spacial score (nSPS) is 18.7. The van der Waals surface area contributed by atoms with E-state index >= 15 is 0 Å². The first-order chi connectivity index (χ1) is 22.5. The molecule has 3 aliphatic heterocycles. The average molecular weight is 645 g/mol. The van der Waals surface area contributed by atoms with Gasteiger partial charge in [-0.05, 0) is 101 Å². The molecule has 252 valence electrons. The predicted molar refractivity (Wildman–Crippen MR) is 182 cm³/mol. The zero-order valence-electron chi connectivity index (χ0n) is 28.4. The summed E-state index contributed by atoms with van der Waals surface area (Å²) < 4.78 is 12.6. The van der Waals surface area contributed by atoms with E-state index in [9.17, 15) is 14.4 Å². The fourth-order valence-electron chi connectivity index (χ4n) is 7.15. The Labute approximate surface area is 277 Å². The molecule has 0 atom stereocenters. The molecule has 11 nitrogen and oxygen atoms in total. The van der Waals surface area contributed by atoms with Crippen molar-refractivity contribution >= 4 is 40.4 Å². The minimum Gasteiger partial charge on any atom is -0.497 e. The molecule has 0 bridgehead atoms. The van der Waals surface area contributed by atoms with Crippen molar-refractivity contribution in [3.8, 4) is 5.75 Å². The number of amides is 4. The number of hydrogen-bond acceptors (Lipinski definition) is 7. The van der Waals surface area contributed by atoms with Crippen molar-refractivity contribution in [1.29, 1.82) is 0 Å². The van der Waals surface area contributed by atoms with Crippen LogP contribution in [0.25, 0.3) is 10.9 Å². The molecule has 6 rings (SSSR count). The number of carbonyl (C=O) groups is 3. The first kappa shape index (κ1) is 32.7. The van der Waals surface area contributed by atoms with Gasteiger partial charge in [0.05, 0.1) is 19.2 Å². The van der Waals surface area contributed by atoms with Crippen molar-refractivity contribution in [2.45, 2.75) is 71.4 Å². The molecule has 2 aromatic carbocycles. The Bertz CT molecular complexity index is 1600. The third-order valence-corrected chi connectivity index (χ3v) is 9.80. The van der Waals surface area contributed by atoms with Crippen molar-refractivity contribution in [1.82, 2.24) is 19.6 Å². The predicted octanol–water partition coefficient (Wildman–Crippen LogP) is 6.19. The van der Waals surface area contributed by atoms with Gasteiger partial charge in [-0.1, -0.05) is 12.1 Å². The quantitative estimate of drug-likeness (QED) is 0.302. The topological polar surface area (TPSA) is 100 Å². The molecule has 0 saturated carbocycles. The number of rotatable bonds is 7. The summed E-state index contributed by atoms with van der Waals surface area (Å²) in [4.78, 5) is 46.2. The Balaban J connectivity index is 1.05. The lowest BCUT2D eigenvalue weighted by molar-refractivity contribution is -0.129. The van der Waals surface area contributed by atoms with Crippen LogP contribution in [0.1, 0.15) is 64.9 Å². The minimum absolute atomic E-state index is 0.181. The number of methoxy groups -OCH3 is 1. The average Bonchev–Trinajstić information content (AvgIpc) is 3.38. The zero-order valence-corrected chi connectivity index (χ0v) is 28.4. The smallest absolute Gasteiger partial charge is 0.410 e. The van der Waals surface area contributed by atoms with E-state index in [0.29, 0.717) is 24.2 Å². The number of ether oxygens (including phenoxy) is 2. The molecule has 11 heteroatoms. The van der Waals surface area contributed by atoms with Gasteiger partial charge in [0.15, 0.2) is 5.82 Å². The summed E-state index contributed by atoms with van der Waals surface area (Å²) >= 11 is 0. The number of nitrogens with zero attached hydrogens (tertiary/aromatic N) is 6. The Morgan fingerprint density at radius 3 is 2.21 bits per heavy atom. The Morgan fingerprint density at radius 1 is 0.915 bits per heavy atom. The van der Waals surface area contributed by atoms with Crippen LogP contribution in [0, 0.1) is 11.8 Å². The third-order valence-electron chi connectivity index (χ3n) is 9.80. The van der Waals surface area contributed by atoms with E-state index in [0.717, 1.165) is 79.8 Å². The number of aryl methyl sites for hydroxylation is 1. The lowest BCUT2D eigenvalue weighted by atomic mass is 9.83. The van der Waals surface area contributed by atoms with Crippen LogP contribution in [-0.4, -0.2) is 83.0 Å². The number of hydrogen-bond donors (Lipinski definition) is 0. The van der Waals surface area contributed by atoms with Crippen molar-refractivity contribution in [3.63, 3.8) is 0 Å². The van der Waals surface area contributed by atoms with Gasteiger partial charge in [0.1, 0.15) is 11.4 Å². The summed E-state index contributed by atoms with van der Waals surface area (Å²) in [6.07, 6.45) is 5.68. The molecular formula is C36H48N6O5. The van der Waals surface area contributed by atoms with Crippen molar-refractivity contribution in [3.05, 3.63) is 48.0 Å². The standard InChI is InChI=1S/C36H48N6O5/c1-36(2,3)47-35(45)40-19-14-26(15-20-40)22-25-12-17-39(18-13-25)28-8-11-30-31(23-28)38(4)37-33(30)41-21-16-32(43)42(34(41)44)24-27-6-9-29(46-5)10-7-27/h6-11,23,25-26H,12-22,24H2,1-5H3. The second kappa shape index (κ2) is 13.4. The van der Waals surface area contributed by atoms with Crippen LogP contribution < -0.4 is 14.5 Å². The first-order valence-corrected chi connectivity index (χ1v) is 16.9. The van der Waals surface area contributed by atoms with Gasteiger partial charge < -0.3 is 19.3 Å². The van der Waals surface area contributed by atoms with Crippen LogP contribution in [0.2, 0.25) is 0 Å². The van der Waals surface area contributed by atoms with E-state index in [4.69, 9.17) is 14.6 Å². The van der Waals surface area contributed by atoms with Crippen LogP contribution in [0.15, 0.2) is 42.5 Å². The number of carbonyl (C=O) groups excluding carboxylic acids is 3. The summed E-state index contributed by atoms with van der Waals surface area (Å²) in [5, 5.41) is 5.67. The molecular weight excluding hydrogens is 596 g/mol. The van der Waals surface area contributed by atoms with Crippen LogP contribution in [0.5, 0.6) is 5.75 Å². The third kappa shape index (κ3) is 7.34. The molecule has 3 saturated heterocycles. The summed E-state index contributed by atoms with van der Waals surface area (Å²) in [5.41, 5.74) is 2.53. The second-order valence-electron chi connectivity index (χ2n) is 14.2. The number of benzene rings is 2. The maximum atomic E-state index is 13.6. The minimum atomic E-state index is -0.458. The maximum Gasteiger partial charge on any atom is 0.410 e. The number of likely N-dealkylation sites (tertiary alicyclic amines) is 1. The molecule has 0 radical (unpaired) electrons. The van der Waals surface area contributed by atoms with E-state index in [1.807, 2.05) is 61.7 Å². The fraction of sp³-hybridized carbons (Fsp3) is 0.556. The molecule has 3 aromatic rings. The lowest BCUT2D eigenvalue weighted by Crippen LogP contribution is -2.52. The Kier molecular flexibility index (Phi) is 9.34. The van der Waals surface area contributed by atoms with Crippen LogP contribution in [0.4, 0.5) is 21.1 Å². The van der Waals surface area contributed by atoms with E-state index in [1.54, 1.807) is 12.0 Å². The largest absolute Gasteiger partial charge is 0.497 e. The highest BCUT2D eigenvalue weighted by atomic mass is 16.6. The number of imide groups is 1. The molecule has 0 unspecified atom stereocenters. The lowest BCUT2D eigenvalue weighted by Gasteiger charge is -2.37. The summed E-state index contributed by atoms with van der Waals surface area (Å²) in [5.74, 6) is 2.49. The van der Waals surface area contributed by atoms with E-state index in [-0.39, 0.29) is 31.0 Å². The van der Waals surface area contributed by atoms with Gasteiger partial charge in [0, 0.05) is 57.3 Å². The summed E-state index contributed by atoms with van der Waals surface area (Å²) in [7, 11) is 3.51. The van der Waals surface area contributed by atoms with Gasteiger partial charge >= 0.3 is 12.1 Å². The first-order valence-electron chi connectivity index (χ1n) is 16.9. The highest BCUT2D eigenvalue weighted by molar-refractivity contribution is 6.09. The van der Waals surface area contributed by atoms with Gasteiger partial charge in [-0.2, -0.15) is 5.10 Å². The molecule has 0 N–H and O–H groups in total. The van der Waals surface area contributed by atoms with Gasteiger partial charge in [0.25, 0.3) is 0 Å². The van der Waals surface area contributed by atoms with E-state index < -0.39 is 5.60 Å². The Morgan fingerprint density at radius 2 is 1.57 bits per heavy atom. The van der Waals surface area contributed by atoms with E-state index in [1.165, 1.54) is 11.3 Å².